The van der Waals surface area contributed by atoms with Crippen molar-refractivity contribution in [2.75, 3.05) is 7.05 Å². The second-order valence-electron chi connectivity index (χ2n) is 5.27. The van der Waals surface area contributed by atoms with Gasteiger partial charge >= 0.3 is 0 Å². The second-order valence-corrected chi connectivity index (χ2v) is 6.27. The molecule has 0 aliphatic carbocycles. The van der Waals surface area contributed by atoms with Gasteiger partial charge in [0.15, 0.2) is 5.76 Å². The Morgan fingerprint density at radius 1 is 1.39 bits per heavy atom. The van der Waals surface area contributed by atoms with Crippen LogP contribution < -0.4 is 0 Å². The quantitative estimate of drug-likeness (QED) is 0.693. The Morgan fingerprint density at radius 3 is 2.96 bits per heavy atom. The van der Waals surface area contributed by atoms with Crippen LogP contribution in [0.25, 0.3) is 11.6 Å². The van der Waals surface area contributed by atoms with E-state index in [9.17, 15) is 4.79 Å². The van der Waals surface area contributed by atoms with Crippen molar-refractivity contribution in [3.63, 3.8) is 0 Å². The summed E-state index contributed by atoms with van der Waals surface area (Å²) in [5, 5.41) is 5.89. The lowest BCUT2D eigenvalue weighted by Gasteiger charge is -2.16. The van der Waals surface area contributed by atoms with Crippen LogP contribution in [0.4, 0.5) is 0 Å². The number of carbonyl (C=O) groups excluding carboxylic acids is 1. The van der Waals surface area contributed by atoms with Crippen LogP contribution in [0.2, 0.25) is 0 Å². The second kappa shape index (κ2) is 6.78. The third-order valence-electron chi connectivity index (χ3n) is 3.54. The maximum atomic E-state index is 12.2. The van der Waals surface area contributed by atoms with E-state index < -0.39 is 0 Å². The number of rotatable bonds is 6. The number of thiophene rings is 1. The smallest absolute Gasteiger partial charge is 0.238 e. The molecule has 0 spiro atoms. The molecule has 0 saturated heterocycles. The van der Waals surface area contributed by atoms with E-state index in [1.807, 2.05) is 12.4 Å². The summed E-state index contributed by atoms with van der Waals surface area (Å²) in [5.41, 5.74) is 1.22. The number of hydrogen-bond acceptors (Lipinski definition) is 6. The Morgan fingerprint density at radius 2 is 2.26 bits per heavy atom. The van der Waals surface area contributed by atoms with Crippen molar-refractivity contribution >= 4 is 17.2 Å². The van der Waals surface area contributed by atoms with Crippen LogP contribution in [0.5, 0.6) is 0 Å². The Kier molecular flexibility index (Phi) is 4.57. The minimum atomic E-state index is 0.0514. The van der Waals surface area contributed by atoms with Gasteiger partial charge in [0.1, 0.15) is 0 Å². The molecule has 6 nitrogen and oxygen atoms in total. The Balaban J connectivity index is 1.53. The molecule has 0 aromatic carbocycles. The maximum absolute atomic E-state index is 12.2. The van der Waals surface area contributed by atoms with Gasteiger partial charge in [-0.15, -0.1) is 11.3 Å². The molecule has 0 atom stereocenters. The van der Waals surface area contributed by atoms with Crippen LogP contribution in [0.3, 0.4) is 0 Å². The van der Waals surface area contributed by atoms with E-state index in [0.717, 1.165) is 0 Å². The molecular weight excluding hydrogens is 314 g/mol. The van der Waals surface area contributed by atoms with Crippen molar-refractivity contribution in [1.29, 1.82) is 0 Å². The van der Waals surface area contributed by atoms with Crippen molar-refractivity contribution in [3.05, 3.63) is 46.2 Å². The fourth-order valence-corrected chi connectivity index (χ4v) is 3.10. The first kappa shape index (κ1) is 15.5. The normalized spacial score (nSPS) is 10.9. The predicted molar refractivity (Wildman–Crippen MR) is 85.9 cm³/mol. The summed E-state index contributed by atoms with van der Waals surface area (Å²) in [6, 6.07) is 5.58. The lowest BCUT2D eigenvalue weighted by molar-refractivity contribution is -0.130. The average molecular weight is 331 g/mol. The van der Waals surface area contributed by atoms with Crippen molar-refractivity contribution in [3.8, 4) is 11.6 Å². The number of furan rings is 1. The summed E-state index contributed by atoms with van der Waals surface area (Å²) in [4.78, 5) is 19.4. The number of amides is 1. The summed E-state index contributed by atoms with van der Waals surface area (Å²) in [7, 11) is 1.81. The molecule has 0 unspecified atom stereocenters. The molecule has 0 fully saturated rings. The molecule has 3 rings (SSSR count). The molecule has 1 amide bonds. The van der Waals surface area contributed by atoms with Gasteiger partial charge in [-0.05, 0) is 36.1 Å². The number of nitrogens with zero attached hydrogens (tertiary/aromatic N) is 3. The zero-order valence-electron chi connectivity index (χ0n) is 13.0. The van der Waals surface area contributed by atoms with Crippen LogP contribution in [-0.4, -0.2) is 28.0 Å². The summed E-state index contributed by atoms with van der Waals surface area (Å²) < 4.78 is 10.4. The van der Waals surface area contributed by atoms with Crippen LogP contribution in [0.1, 0.15) is 22.8 Å². The molecule has 3 aromatic heterocycles. The summed E-state index contributed by atoms with van der Waals surface area (Å²) in [6.45, 7) is 2.68. The van der Waals surface area contributed by atoms with Gasteiger partial charge in [-0.2, -0.15) is 4.98 Å². The molecule has 0 aliphatic rings. The molecule has 0 bridgehead atoms. The lowest BCUT2D eigenvalue weighted by atomic mass is 10.2. The monoisotopic (exact) mass is 331 g/mol. The van der Waals surface area contributed by atoms with Gasteiger partial charge < -0.3 is 13.8 Å². The molecule has 0 radical (unpaired) electrons. The molecule has 23 heavy (non-hydrogen) atoms. The van der Waals surface area contributed by atoms with Crippen LogP contribution in [0.15, 0.2) is 38.8 Å². The van der Waals surface area contributed by atoms with E-state index in [-0.39, 0.29) is 5.91 Å². The van der Waals surface area contributed by atoms with E-state index >= 15 is 0 Å². The first-order valence-electron chi connectivity index (χ1n) is 7.27. The third-order valence-corrected chi connectivity index (χ3v) is 4.54. The molecule has 3 heterocycles. The van der Waals surface area contributed by atoms with E-state index in [2.05, 4.69) is 23.1 Å². The van der Waals surface area contributed by atoms with Crippen molar-refractivity contribution in [2.45, 2.75) is 26.3 Å². The van der Waals surface area contributed by atoms with Crippen LogP contribution in [-0.2, 0) is 17.8 Å². The fourth-order valence-electron chi connectivity index (χ4n) is 2.14. The minimum Gasteiger partial charge on any atom is -0.461 e. The zero-order chi connectivity index (χ0) is 16.2. The lowest BCUT2D eigenvalue weighted by Crippen LogP contribution is -2.26. The number of carbonyl (C=O) groups is 1. The van der Waals surface area contributed by atoms with Gasteiger partial charge in [-0.3, -0.25) is 4.79 Å². The SMILES string of the molecule is Cc1ccsc1CN(C)C(=O)CCc1nc(-c2ccco2)no1. The highest BCUT2D eigenvalue weighted by Crippen LogP contribution is 2.18. The molecule has 120 valence electrons. The first-order valence-corrected chi connectivity index (χ1v) is 8.15. The highest BCUT2D eigenvalue weighted by Gasteiger charge is 2.15. The summed E-state index contributed by atoms with van der Waals surface area (Å²) in [6.07, 6.45) is 2.30. The standard InChI is InChI=1S/C16H17N3O3S/c1-11-7-9-23-13(11)10-19(2)15(20)6-5-14-17-16(18-22-14)12-4-3-8-21-12/h3-4,7-9H,5-6,10H2,1-2H3. The Labute approximate surface area is 137 Å². The van der Waals surface area contributed by atoms with Crippen molar-refractivity contribution in [2.24, 2.45) is 0 Å². The maximum Gasteiger partial charge on any atom is 0.238 e. The Bertz CT molecular complexity index is 776. The van der Waals surface area contributed by atoms with Gasteiger partial charge in [0.05, 0.1) is 12.8 Å². The summed E-state index contributed by atoms with van der Waals surface area (Å²) in [5.74, 6) is 1.44. The van der Waals surface area contributed by atoms with E-state index in [4.69, 9.17) is 8.94 Å². The van der Waals surface area contributed by atoms with Crippen molar-refractivity contribution in [1.82, 2.24) is 15.0 Å². The Hall–Kier alpha value is -2.41. The van der Waals surface area contributed by atoms with Crippen LogP contribution >= 0.6 is 11.3 Å². The van der Waals surface area contributed by atoms with Gasteiger partial charge in [-0.1, -0.05) is 5.16 Å². The number of aryl methyl sites for hydroxylation is 2. The van der Waals surface area contributed by atoms with Gasteiger partial charge in [0.2, 0.25) is 17.6 Å². The predicted octanol–water partition coefficient (Wildman–Crippen LogP) is 3.29. The first-order chi connectivity index (χ1) is 11.1. The molecule has 0 N–H and O–H groups in total. The topological polar surface area (TPSA) is 72.4 Å². The van der Waals surface area contributed by atoms with Gasteiger partial charge in [0.25, 0.3) is 0 Å². The van der Waals surface area contributed by atoms with Gasteiger partial charge in [-0.25, -0.2) is 0 Å². The average Bonchev–Trinajstić information content (AvgIpc) is 3.26. The number of aromatic nitrogens is 2. The molecule has 7 heteroatoms. The fraction of sp³-hybridized carbons (Fsp3) is 0.312. The van der Waals surface area contributed by atoms with Crippen molar-refractivity contribution < 1.29 is 13.7 Å². The van der Waals surface area contributed by atoms with Gasteiger partial charge in [0, 0.05) is 24.8 Å². The van der Waals surface area contributed by atoms with E-state index in [1.165, 1.54) is 10.4 Å². The summed E-state index contributed by atoms with van der Waals surface area (Å²) >= 11 is 1.67. The highest BCUT2D eigenvalue weighted by atomic mass is 32.1. The van der Waals surface area contributed by atoms with Crippen LogP contribution in [0, 0.1) is 6.92 Å². The minimum absolute atomic E-state index is 0.0514. The molecular formula is C16H17N3O3S. The zero-order valence-corrected chi connectivity index (χ0v) is 13.8. The molecule has 3 aromatic rings. The van der Waals surface area contributed by atoms with E-state index in [1.54, 1.807) is 34.6 Å². The molecule has 0 aliphatic heterocycles. The largest absolute Gasteiger partial charge is 0.461 e. The highest BCUT2D eigenvalue weighted by molar-refractivity contribution is 7.10. The van der Waals surface area contributed by atoms with E-state index in [0.29, 0.717) is 36.9 Å². The number of hydrogen-bond donors (Lipinski definition) is 0. The molecule has 0 saturated carbocycles. The third kappa shape index (κ3) is 3.68.